The van der Waals surface area contributed by atoms with E-state index in [4.69, 9.17) is 19.6 Å². The highest BCUT2D eigenvalue weighted by molar-refractivity contribution is 7.72. The second-order valence-corrected chi connectivity index (χ2v) is 7.81. The Labute approximate surface area is 89.0 Å². The van der Waals surface area contributed by atoms with Gasteiger partial charge in [-0.2, -0.15) is 0 Å². The fourth-order valence-electron chi connectivity index (χ4n) is 1.68. The molecule has 0 spiro atoms. The summed E-state index contributed by atoms with van der Waals surface area (Å²) in [4.78, 5) is 34.4. The van der Waals surface area contributed by atoms with Crippen LogP contribution in [0.2, 0.25) is 0 Å². The molecule has 15 heavy (non-hydrogen) atoms. The topological polar surface area (TPSA) is 115 Å². The van der Waals surface area contributed by atoms with Gasteiger partial charge in [-0.15, -0.1) is 0 Å². The molecule has 4 N–H and O–H groups in total. The van der Waals surface area contributed by atoms with E-state index in [9.17, 15) is 9.13 Å². The lowest BCUT2D eigenvalue weighted by atomic mass is 10.1. The van der Waals surface area contributed by atoms with Crippen LogP contribution in [-0.2, 0) is 9.13 Å². The molecular weight excluding hydrogens is 242 g/mol. The molecule has 0 rings (SSSR count). The first-order valence-electron chi connectivity index (χ1n) is 4.73. The predicted molar refractivity (Wildman–Crippen MR) is 56.6 cm³/mol. The summed E-state index contributed by atoms with van der Waals surface area (Å²) in [6.45, 7) is 3.27. The van der Waals surface area contributed by atoms with Gasteiger partial charge in [0.05, 0.1) is 0 Å². The molecule has 0 heterocycles. The van der Waals surface area contributed by atoms with Gasteiger partial charge in [0.2, 0.25) is 0 Å². The van der Waals surface area contributed by atoms with Gasteiger partial charge in [-0.1, -0.05) is 26.7 Å². The first-order chi connectivity index (χ1) is 6.62. The van der Waals surface area contributed by atoms with E-state index in [1.807, 2.05) is 0 Å². The third-order valence-corrected chi connectivity index (χ3v) is 7.01. The molecule has 0 aromatic carbocycles. The van der Waals surface area contributed by atoms with Crippen molar-refractivity contribution in [2.45, 2.75) is 44.4 Å². The van der Waals surface area contributed by atoms with Gasteiger partial charge < -0.3 is 19.6 Å². The Morgan fingerprint density at radius 2 is 1.13 bits per heavy atom. The molecular formula is C7H18O6P2. The molecule has 0 aliphatic heterocycles. The van der Waals surface area contributed by atoms with E-state index in [-0.39, 0.29) is 12.8 Å². The van der Waals surface area contributed by atoms with Crippen LogP contribution in [0.25, 0.3) is 0 Å². The van der Waals surface area contributed by atoms with E-state index in [1.165, 1.54) is 0 Å². The van der Waals surface area contributed by atoms with E-state index in [0.29, 0.717) is 12.8 Å². The molecule has 0 aromatic heterocycles. The Morgan fingerprint density at radius 1 is 0.867 bits per heavy atom. The van der Waals surface area contributed by atoms with E-state index in [0.717, 1.165) is 0 Å². The summed E-state index contributed by atoms with van der Waals surface area (Å²) in [6.07, 6.45) is 0.289. The summed E-state index contributed by atoms with van der Waals surface area (Å²) in [5, 5.41) is 0. The fourth-order valence-corrected chi connectivity index (χ4v) is 5.10. The molecule has 92 valence electrons. The molecule has 0 fully saturated rings. The molecule has 0 saturated carbocycles. The van der Waals surface area contributed by atoms with Gasteiger partial charge in [-0.25, -0.2) is 0 Å². The van der Waals surface area contributed by atoms with Crippen molar-refractivity contribution >= 4 is 15.2 Å². The molecule has 0 radical (unpaired) electrons. The third-order valence-electron chi connectivity index (χ3n) is 2.39. The Hall–Kier alpha value is 0.300. The highest BCUT2D eigenvalue weighted by atomic mass is 31.2. The van der Waals surface area contributed by atoms with Crippen molar-refractivity contribution in [1.29, 1.82) is 0 Å². The highest BCUT2D eigenvalue weighted by Crippen LogP contribution is 2.72. The lowest BCUT2D eigenvalue weighted by molar-refractivity contribution is 0.293. The lowest BCUT2D eigenvalue weighted by Crippen LogP contribution is -2.28. The van der Waals surface area contributed by atoms with Crippen LogP contribution in [0.3, 0.4) is 0 Å². The zero-order valence-corrected chi connectivity index (χ0v) is 10.6. The summed E-state index contributed by atoms with van der Waals surface area (Å²) in [5.41, 5.74) is 0. The standard InChI is InChI=1S/C7H18O6P2/c1-3-5-7(6-4-2,14(8,9)10)15(11,12)13/h3-6H2,1-2H3,(H2,8,9,10)(H2,11,12,13). The average molecular weight is 260 g/mol. The molecule has 6 nitrogen and oxygen atoms in total. The van der Waals surface area contributed by atoms with Crippen molar-refractivity contribution < 1.29 is 28.7 Å². The van der Waals surface area contributed by atoms with Crippen molar-refractivity contribution in [1.82, 2.24) is 0 Å². The first kappa shape index (κ1) is 15.3. The molecule has 0 amide bonds. The molecule has 0 aliphatic rings. The monoisotopic (exact) mass is 260 g/mol. The maximum absolute atomic E-state index is 11.3. The maximum Gasteiger partial charge on any atom is 0.343 e. The lowest BCUT2D eigenvalue weighted by Gasteiger charge is -2.34. The van der Waals surface area contributed by atoms with E-state index < -0.39 is 20.1 Å². The molecule has 0 bridgehead atoms. The maximum atomic E-state index is 11.3. The Bertz CT molecular complexity index is 260. The van der Waals surface area contributed by atoms with Crippen molar-refractivity contribution in [3.05, 3.63) is 0 Å². The van der Waals surface area contributed by atoms with Crippen LogP contribution in [0.15, 0.2) is 0 Å². The first-order valence-corrected chi connectivity index (χ1v) is 7.96. The van der Waals surface area contributed by atoms with Crippen LogP contribution >= 0.6 is 15.2 Å². The van der Waals surface area contributed by atoms with Crippen molar-refractivity contribution in [2.24, 2.45) is 0 Å². The van der Waals surface area contributed by atoms with Crippen LogP contribution in [0.1, 0.15) is 39.5 Å². The van der Waals surface area contributed by atoms with Crippen LogP contribution < -0.4 is 0 Å². The molecule has 0 atom stereocenters. The van der Waals surface area contributed by atoms with E-state index in [2.05, 4.69) is 0 Å². The van der Waals surface area contributed by atoms with Crippen LogP contribution in [0.4, 0.5) is 0 Å². The number of rotatable bonds is 6. The second kappa shape index (κ2) is 5.09. The zero-order chi connectivity index (χ0) is 12.3. The van der Waals surface area contributed by atoms with Gasteiger partial charge in [-0.05, 0) is 12.8 Å². The quantitative estimate of drug-likeness (QED) is 0.539. The van der Waals surface area contributed by atoms with Crippen LogP contribution in [-0.4, -0.2) is 24.5 Å². The normalized spacial score (nSPS) is 14.3. The van der Waals surface area contributed by atoms with Crippen LogP contribution in [0.5, 0.6) is 0 Å². The largest absolute Gasteiger partial charge is 0.343 e. The summed E-state index contributed by atoms with van der Waals surface area (Å²) >= 11 is 0. The van der Waals surface area contributed by atoms with E-state index in [1.54, 1.807) is 13.8 Å². The van der Waals surface area contributed by atoms with E-state index >= 15 is 0 Å². The summed E-state index contributed by atoms with van der Waals surface area (Å²) in [5.74, 6) is 0. The Morgan fingerprint density at radius 3 is 1.27 bits per heavy atom. The molecule has 0 unspecified atom stereocenters. The summed E-state index contributed by atoms with van der Waals surface area (Å²) in [7, 11) is -9.65. The van der Waals surface area contributed by atoms with Gasteiger partial charge >= 0.3 is 15.2 Å². The Kier molecular flexibility index (Phi) is 5.19. The highest BCUT2D eigenvalue weighted by Gasteiger charge is 2.58. The zero-order valence-electron chi connectivity index (χ0n) is 8.83. The van der Waals surface area contributed by atoms with Gasteiger partial charge in [0.15, 0.2) is 4.90 Å². The second-order valence-electron chi connectivity index (χ2n) is 3.57. The minimum Gasteiger partial charge on any atom is -0.324 e. The number of hydrogen-bond acceptors (Lipinski definition) is 2. The smallest absolute Gasteiger partial charge is 0.324 e. The van der Waals surface area contributed by atoms with Gasteiger partial charge in [-0.3, -0.25) is 9.13 Å². The number of hydrogen-bond donors (Lipinski definition) is 4. The SMILES string of the molecule is CCCC(CCC)(P(=O)(O)O)P(=O)(O)O. The van der Waals surface area contributed by atoms with Gasteiger partial charge in [0.1, 0.15) is 0 Å². The van der Waals surface area contributed by atoms with Crippen LogP contribution in [0, 0.1) is 0 Å². The van der Waals surface area contributed by atoms with Crippen molar-refractivity contribution in [3.8, 4) is 0 Å². The Balaban J connectivity index is 5.49. The van der Waals surface area contributed by atoms with Gasteiger partial charge in [0.25, 0.3) is 0 Å². The third kappa shape index (κ3) is 3.13. The summed E-state index contributed by atoms with van der Waals surface area (Å²) < 4.78 is 22.6. The van der Waals surface area contributed by atoms with Gasteiger partial charge in [0, 0.05) is 0 Å². The fraction of sp³-hybridized carbons (Fsp3) is 1.00. The van der Waals surface area contributed by atoms with Crippen molar-refractivity contribution in [3.63, 3.8) is 0 Å². The van der Waals surface area contributed by atoms with Crippen molar-refractivity contribution in [2.75, 3.05) is 0 Å². The molecule has 0 saturated heterocycles. The average Bonchev–Trinajstić information content (AvgIpc) is 1.99. The summed E-state index contributed by atoms with van der Waals surface area (Å²) in [6, 6.07) is 0. The minimum atomic E-state index is -4.82. The molecule has 0 aliphatic carbocycles. The molecule has 8 heteroatoms. The predicted octanol–water partition coefficient (Wildman–Crippen LogP) is 1.64. The minimum absolute atomic E-state index is 0.171. The molecule has 0 aromatic rings.